The summed E-state index contributed by atoms with van der Waals surface area (Å²) in [5.41, 5.74) is 2.42. The number of primary sulfonamides is 1. The predicted molar refractivity (Wildman–Crippen MR) is 112 cm³/mol. The van der Waals surface area contributed by atoms with E-state index in [-0.39, 0.29) is 11.5 Å². The SMILES string of the molecule is NS(=O)(=O)c1ccc(NCc2ccccc2OCc2c(Cl)cccc2Cl)cc1. The minimum absolute atomic E-state index is 0.0680. The summed E-state index contributed by atoms with van der Waals surface area (Å²) in [6.07, 6.45) is 0. The Labute approximate surface area is 174 Å². The van der Waals surface area contributed by atoms with Gasteiger partial charge in [0.25, 0.3) is 0 Å². The first kappa shape index (κ1) is 20.5. The first-order chi connectivity index (χ1) is 13.3. The lowest BCUT2D eigenvalue weighted by Gasteiger charge is -2.14. The number of benzene rings is 3. The zero-order valence-electron chi connectivity index (χ0n) is 14.7. The van der Waals surface area contributed by atoms with Gasteiger partial charge in [0.15, 0.2) is 0 Å². The van der Waals surface area contributed by atoms with E-state index in [1.165, 1.54) is 12.1 Å². The number of hydrogen-bond donors (Lipinski definition) is 2. The molecule has 0 aliphatic carbocycles. The maximum Gasteiger partial charge on any atom is 0.238 e. The van der Waals surface area contributed by atoms with Crippen LogP contribution in [0, 0.1) is 0 Å². The number of rotatable bonds is 7. The zero-order chi connectivity index (χ0) is 20.1. The summed E-state index contributed by atoms with van der Waals surface area (Å²) in [6, 6.07) is 19.2. The van der Waals surface area contributed by atoms with Crippen molar-refractivity contribution in [3.8, 4) is 5.75 Å². The molecule has 3 aromatic carbocycles. The van der Waals surface area contributed by atoms with Crippen LogP contribution in [-0.2, 0) is 23.2 Å². The van der Waals surface area contributed by atoms with Gasteiger partial charge in [0.2, 0.25) is 10.0 Å². The Morgan fingerprint density at radius 1 is 0.893 bits per heavy atom. The molecule has 0 fully saturated rings. The Bertz CT molecular complexity index is 1050. The van der Waals surface area contributed by atoms with Gasteiger partial charge in [-0.1, -0.05) is 47.5 Å². The average molecular weight is 437 g/mol. The van der Waals surface area contributed by atoms with Crippen molar-refractivity contribution in [2.24, 2.45) is 5.14 Å². The van der Waals surface area contributed by atoms with Crippen LogP contribution in [-0.4, -0.2) is 8.42 Å². The highest BCUT2D eigenvalue weighted by molar-refractivity contribution is 7.89. The molecule has 0 saturated heterocycles. The van der Waals surface area contributed by atoms with Gasteiger partial charge in [-0.3, -0.25) is 0 Å². The van der Waals surface area contributed by atoms with E-state index in [2.05, 4.69) is 5.32 Å². The number of halogens is 2. The van der Waals surface area contributed by atoms with E-state index in [4.69, 9.17) is 33.1 Å². The summed E-state index contributed by atoms with van der Waals surface area (Å²) < 4.78 is 28.6. The third-order valence-electron chi connectivity index (χ3n) is 4.07. The summed E-state index contributed by atoms with van der Waals surface area (Å²) in [7, 11) is -3.70. The topological polar surface area (TPSA) is 81.4 Å². The predicted octanol–water partition coefficient (Wildman–Crippen LogP) is 4.83. The van der Waals surface area contributed by atoms with Crippen molar-refractivity contribution in [1.82, 2.24) is 0 Å². The smallest absolute Gasteiger partial charge is 0.238 e. The van der Waals surface area contributed by atoms with Gasteiger partial charge in [0, 0.05) is 33.4 Å². The number of hydrogen-bond acceptors (Lipinski definition) is 4. The van der Waals surface area contributed by atoms with E-state index < -0.39 is 10.0 Å². The zero-order valence-corrected chi connectivity index (χ0v) is 17.1. The summed E-state index contributed by atoms with van der Waals surface area (Å²) in [5, 5.41) is 9.45. The Kier molecular flexibility index (Phi) is 6.46. The molecular formula is C20H18Cl2N2O3S. The van der Waals surface area contributed by atoms with Crippen LogP contribution >= 0.6 is 23.2 Å². The Hall–Kier alpha value is -2.25. The van der Waals surface area contributed by atoms with E-state index in [9.17, 15) is 8.42 Å². The maximum absolute atomic E-state index is 11.3. The van der Waals surface area contributed by atoms with Crippen molar-refractivity contribution in [2.45, 2.75) is 18.0 Å². The number of nitrogens with one attached hydrogen (secondary N) is 1. The second-order valence-corrected chi connectivity index (χ2v) is 8.40. The number of sulfonamides is 1. The van der Waals surface area contributed by atoms with Gasteiger partial charge in [-0.05, 0) is 42.5 Å². The van der Waals surface area contributed by atoms with Crippen LogP contribution in [0.2, 0.25) is 10.0 Å². The highest BCUT2D eigenvalue weighted by Crippen LogP contribution is 2.27. The van der Waals surface area contributed by atoms with Gasteiger partial charge in [-0.25, -0.2) is 13.6 Å². The third kappa shape index (κ3) is 5.17. The second-order valence-electron chi connectivity index (χ2n) is 6.02. The summed E-state index contributed by atoms with van der Waals surface area (Å²) >= 11 is 12.4. The number of anilines is 1. The summed E-state index contributed by atoms with van der Waals surface area (Å²) in [6.45, 7) is 0.736. The molecule has 3 rings (SSSR count). The van der Waals surface area contributed by atoms with Crippen molar-refractivity contribution >= 4 is 38.9 Å². The third-order valence-corrected chi connectivity index (χ3v) is 5.71. The molecule has 0 aliphatic rings. The second kappa shape index (κ2) is 8.84. The minimum atomic E-state index is -3.70. The van der Waals surface area contributed by atoms with E-state index >= 15 is 0 Å². The molecule has 0 aliphatic heterocycles. The monoisotopic (exact) mass is 436 g/mol. The molecule has 5 nitrogen and oxygen atoms in total. The van der Waals surface area contributed by atoms with Crippen LogP contribution in [0.15, 0.2) is 71.6 Å². The molecule has 0 saturated carbocycles. The van der Waals surface area contributed by atoms with Crippen LogP contribution in [0.3, 0.4) is 0 Å². The van der Waals surface area contributed by atoms with Crippen LogP contribution in [0.4, 0.5) is 5.69 Å². The fourth-order valence-corrected chi connectivity index (χ4v) is 3.59. The first-order valence-electron chi connectivity index (χ1n) is 8.35. The largest absolute Gasteiger partial charge is 0.488 e. The van der Waals surface area contributed by atoms with Crippen molar-refractivity contribution in [3.63, 3.8) is 0 Å². The molecular weight excluding hydrogens is 419 g/mol. The highest BCUT2D eigenvalue weighted by Gasteiger charge is 2.10. The lowest BCUT2D eigenvalue weighted by atomic mass is 10.2. The molecule has 8 heteroatoms. The standard InChI is InChI=1S/C20H18Cl2N2O3S/c21-18-5-3-6-19(22)17(18)13-27-20-7-2-1-4-14(20)12-24-15-8-10-16(11-9-15)28(23,25)26/h1-11,24H,12-13H2,(H2,23,25,26). The van der Waals surface area contributed by atoms with Gasteiger partial charge in [-0.2, -0.15) is 0 Å². The lowest BCUT2D eigenvalue weighted by Crippen LogP contribution is -2.12. The number of nitrogens with two attached hydrogens (primary N) is 1. The molecule has 0 heterocycles. The van der Waals surface area contributed by atoms with Crippen LogP contribution in [0.1, 0.15) is 11.1 Å². The number of ether oxygens (including phenoxy) is 1. The van der Waals surface area contributed by atoms with Crippen LogP contribution < -0.4 is 15.2 Å². The molecule has 0 aromatic heterocycles. The van der Waals surface area contributed by atoms with Gasteiger partial charge >= 0.3 is 0 Å². The lowest BCUT2D eigenvalue weighted by molar-refractivity contribution is 0.303. The number of para-hydroxylation sites is 1. The Morgan fingerprint density at radius 3 is 2.18 bits per heavy atom. The fraction of sp³-hybridized carbons (Fsp3) is 0.100. The minimum Gasteiger partial charge on any atom is -0.488 e. The first-order valence-corrected chi connectivity index (χ1v) is 10.6. The molecule has 0 bridgehead atoms. The molecule has 0 spiro atoms. The van der Waals surface area contributed by atoms with E-state index in [1.807, 2.05) is 24.3 Å². The Morgan fingerprint density at radius 2 is 1.54 bits per heavy atom. The highest BCUT2D eigenvalue weighted by atomic mass is 35.5. The van der Waals surface area contributed by atoms with E-state index in [0.29, 0.717) is 22.3 Å². The molecule has 28 heavy (non-hydrogen) atoms. The summed E-state index contributed by atoms with van der Waals surface area (Å²) in [4.78, 5) is 0.0680. The molecule has 3 aromatic rings. The van der Waals surface area contributed by atoms with E-state index in [0.717, 1.165) is 16.8 Å². The average Bonchev–Trinajstić information content (AvgIpc) is 2.66. The molecule has 0 unspecified atom stereocenters. The maximum atomic E-state index is 11.3. The molecule has 0 amide bonds. The normalized spacial score (nSPS) is 11.2. The van der Waals surface area contributed by atoms with Gasteiger partial charge in [0.05, 0.1) is 4.90 Å². The quantitative estimate of drug-likeness (QED) is 0.555. The Balaban J connectivity index is 1.69. The van der Waals surface area contributed by atoms with Crippen molar-refractivity contribution in [2.75, 3.05) is 5.32 Å². The van der Waals surface area contributed by atoms with Crippen molar-refractivity contribution in [3.05, 3.63) is 87.9 Å². The fourth-order valence-electron chi connectivity index (χ4n) is 2.57. The summed E-state index contributed by atoms with van der Waals surface area (Å²) in [5.74, 6) is 0.701. The van der Waals surface area contributed by atoms with Crippen molar-refractivity contribution in [1.29, 1.82) is 0 Å². The van der Waals surface area contributed by atoms with Crippen LogP contribution in [0.5, 0.6) is 5.75 Å². The van der Waals surface area contributed by atoms with Gasteiger partial charge < -0.3 is 10.1 Å². The van der Waals surface area contributed by atoms with Gasteiger partial charge in [0.1, 0.15) is 12.4 Å². The van der Waals surface area contributed by atoms with E-state index in [1.54, 1.807) is 30.3 Å². The van der Waals surface area contributed by atoms with Crippen molar-refractivity contribution < 1.29 is 13.2 Å². The van der Waals surface area contributed by atoms with Gasteiger partial charge in [-0.15, -0.1) is 0 Å². The molecule has 3 N–H and O–H groups in total. The molecule has 0 atom stereocenters. The molecule has 0 radical (unpaired) electrons. The van der Waals surface area contributed by atoms with Crippen LogP contribution in [0.25, 0.3) is 0 Å². The molecule has 146 valence electrons.